The van der Waals surface area contributed by atoms with Crippen LogP contribution >= 0.6 is 0 Å². The largest absolute Gasteiger partial charge is 0.357 e. The molecular formula is C25H21N5O2. The number of nitrogens with zero attached hydrogens (tertiary/aromatic N) is 2. The standard InChI is InChI=1S/C25H21N5O2/c1-26-22(31)7-6-15-4-3-5-16(10-15)17-11-19-20(13-29-24(19)28-12-17)21-14-30(2)25(32)23-18(21)8-9-27-23/h3-14,27H,1-2H3,(H,26,31)(H,28,29). The number of fused-ring (bicyclic) bond motifs is 2. The van der Waals surface area contributed by atoms with Gasteiger partial charge in [-0.1, -0.05) is 18.2 Å². The lowest BCUT2D eigenvalue weighted by Crippen LogP contribution is -2.16. The van der Waals surface area contributed by atoms with Gasteiger partial charge < -0.3 is 19.9 Å². The van der Waals surface area contributed by atoms with Crippen molar-refractivity contribution in [1.82, 2.24) is 24.8 Å². The first-order valence-electron chi connectivity index (χ1n) is 10.2. The van der Waals surface area contributed by atoms with Gasteiger partial charge in [-0.15, -0.1) is 0 Å². The van der Waals surface area contributed by atoms with Gasteiger partial charge >= 0.3 is 0 Å². The van der Waals surface area contributed by atoms with Gasteiger partial charge in [-0.2, -0.15) is 0 Å². The molecule has 0 saturated carbocycles. The van der Waals surface area contributed by atoms with Crippen LogP contribution in [0.1, 0.15) is 5.56 Å². The highest BCUT2D eigenvalue weighted by atomic mass is 16.1. The molecule has 0 spiro atoms. The molecule has 0 unspecified atom stereocenters. The van der Waals surface area contributed by atoms with Crippen LogP contribution in [0.4, 0.5) is 0 Å². The number of aryl methyl sites for hydroxylation is 1. The first-order valence-corrected chi connectivity index (χ1v) is 10.2. The molecule has 5 aromatic rings. The van der Waals surface area contributed by atoms with Gasteiger partial charge in [0.2, 0.25) is 5.91 Å². The van der Waals surface area contributed by atoms with Crippen LogP contribution in [0.25, 0.3) is 50.3 Å². The summed E-state index contributed by atoms with van der Waals surface area (Å²) in [6, 6.07) is 12.0. The predicted octanol–water partition coefficient (Wildman–Crippen LogP) is 3.84. The van der Waals surface area contributed by atoms with Crippen LogP contribution in [0.5, 0.6) is 0 Å². The predicted molar refractivity (Wildman–Crippen MR) is 127 cm³/mol. The van der Waals surface area contributed by atoms with Crippen LogP contribution in [-0.2, 0) is 11.8 Å². The van der Waals surface area contributed by atoms with Crippen molar-refractivity contribution < 1.29 is 4.79 Å². The van der Waals surface area contributed by atoms with E-state index in [1.165, 1.54) is 6.08 Å². The Balaban J connectivity index is 1.63. The molecule has 4 heterocycles. The zero-order valence-corrected chi connectivity index (χ0v) is 17.6. The average molecular weight is 423 g/mol. The first-order chi connectivity index (χ1) is 15.5. The average Bonchev–Trinajstić information content (AvgIpc) is 3.47. The van der Waals surface area contributed by atoms with E-state index in [2.05, 4.69) is 26.3 Å². The van der Waals surface area contributed by atoms with Crippen molar-refractivity contribution in [2.75, 3.05) is 7.05 Å². The third kappa shape index (κ3) is 3.30. The van der Waals surface area contributed by atoms with E-state index in [1.807, 2.05) is 48.9 Å². The van der Waals surface area contributed by atoms with Crippen LogP contribution in [0.3, 0.4) is 0 Å². The second-order valence-electron chi connectivity index (χ2n) is 7.62. The van der Waals surface area contributed by atoms with E-state index in [0.717, 1.165) is 44.2 Å². The molecule has 7 nitrogen and oxygen atoms in total. The number of carbonyl (C=O) groups excluding carboxylic acids is 1. The highest BCUT2D eigenvalue weighted by molar-refractivity contribution is 6.04. The van der Waals surface area contributed by atoms with Crippen molar-refractivity contribution in [3.63, 3.8) is 0 Å². The topological polar surface area (TPSA) is 95.6 Å². The minimum absolute atomic E-state index is 0.0611. The smallest absolute Gasteiger partial charge is 0.274 e. The summed E-state index contributed by atoms with van der Waals surface area (Å²) in [5.41, 5.74) is 6.11. The van der Waals surface area contributed by atoms with Gasteiger partial charge in [0.1, 0.15) is 11.2 Å². The van der Waals surface area contributed by atoms with E-state index in [4.69, 9.17) is 0 Å². The van der Waals surface area contributed by atoms with Crippen molar-refractivity contribution in [1.29, 1.82) is 0 Å². The van der Waals surface area contributed by atoms with Crippen LogP contribution in [0.2, 0.25) is 0 Å². The molecule has 5 rings (SSSR count). The Hall–Kier alpha value is -4.39. The van der Waals surface area contributed by atoms with E-state index in [-0.39, 0.29) is 11.5 Å². The molecule has 7 heteroatoms. The lowest BCUT2D eigenvalue weighted by Gasteiger charge is -2.07. The van der Waals surface area contributed by atoms with Gasteiger partial charge in [0.05, 0.1) is 0 Å². The highest BCUT2D eigenvalue weighted by Gasteiger charge is 2.15. The summed E-state index contributed by atoms with van der Waals surface area (Å²) < 4.78 is 1.59. The number of H-pyrrole nitrogens is 2. The Morgan fingerprint density at radius 2 is 1.97 bits per heavy atom. The number of carbonyl (C=O) groups is 1. The summed E-state index contributed by atoms with van der Waals surface area (Å²) in [6.07, 6.45) is 10.7. The molecule has 1 amide bonds. The fourth-order valence-corrected chi connectivity index (χ4v) is 3.94. The molecule has 1 aromatic carbocycles. The van der Waals surface area contributed by atoms with Crippen LogP contribution in [0.15, 0.2) is 72.1 Å². The van der Waals surface area contributed by atoms with Gasteiger partial charge in [-0.05, 0) is 35.4 Å². The van der Waals surface area contributed by atoms with Gasteiger partial charge in [0, 0.05) is 72.4 Å². The molecule has 0 saturated heterocycles. The Kier molecular flexibility index (Phi) is 4.71. The second kappa shape index (κ2) is 7.70. The van der Waals surface area contributed by atoms with E-state index in [1.54, 1.807) is 30.9 Å². The minimum Gasteiger partial charge on any atom is -0.357 e. The Morgan fingerprint density at radius 3 is 2.81 bits per heavy atom. The number of aromatic nitrogens is 4. The maximum absolute atomic E-state index is 12.4. The molecule has 158 valence electrons. The maximum atomic E-state index is 12.4. The van der Waals surface area contributed by atoms with Gasteiger partial charge in [0.15, 0.2) is 0 Å². The zero-order chi connectivity index (χ0) is 22.2. The van der Waals surface area contributed by atoms with Crippen molar-refractivity contribution in [2.45, 2.75) is 0 Å². The zero-order valence-electron chi connectivity index (χ0n) is 17.6. The van der Waals surface area contributed by atoms with Crippen LogP contribution < -0.4 is 10.9 Å². The number of hydrogen-bond acceptors (Lipinski definition) is 3. The number of amides is 1. The van der Waals surface area contributed by atoms with Crippen LogP contribution in [-0.4, -0.2) is 32.5 Å². The molecule has 32 heavy (non-hydrogen) atoms. The fourth-order valence-electron chi connectivity index (χ4n) is 3.94. The molecule has 0 aliphatic carbocycles. The molecule has 0 bridgehead atoms. The third-order valence-electron chi connectivity index (χ3n) is 5.61. The second-order valence-corrected chi connectivity index (χ2v) is 7.62. The molecule has 0 radical (unpaired) electrons. The summed E-state index contributed by atoms with van der Waals surface area (Å²) in [6.45, 7) is 0. The number of rotatable bonds is 4. The summed E-state index contributed by atoms with van der Waals surface area (Å²) in [7, 11) is 3.35. The Bertz CT molecular complexity index is 1570. The Morgan fingerprint density at radius 1 is 1.09 bits per heavy atom. The fraction of sp³-hybridized carbons (Fsp3) is 0.0800. The lowest BCUT2D eigenvalue weighted by molar-refractivity contribution is -0.115. The number of hydrogen-bond donors (Lipinski definition) is 3. The van der Waals surface area contributed by atoms with E-state index in [9.17, 15) is 9.59 Å². The lowest BCUT2D eigenvalue weighted by atomic mass is 10.00. The molecule has 4 aromatic heterocycles. The number of likely N-dealkylation sites (N-methyl/N-ethyl adjacent to an activating group) is 1. The van der Waals surface area contributed by atoms with Crippen molar-refractivity contribution in [3.05, 3.63) is 83.2 Å². The van der Waals surface area contributed by atoms with Crippen molar-refractivity contribution in [2.24, 2.45) is 7.05 Å². The molecule has 0 fully saturated rings. The molecule has 0 aliphatic heterocycles. The van der Waals surface area contributed by atoms with E-state index in [0.29, 0.717) is 5.52 Å². The number of pyridine rings is 2. The molecule has 0 atom stereocenters. The summed E-state index contributed by atoms with van der Waals surface area (Å²) in [4.78, 5) is 34.9. The number of aromatic amines is 2. The van der Waals surface area contributed by atoms with Crippen LogP contribution in [0, 0.1) is 0 Å². The normalized spacial score (nSPS) is 11.6. The van der Waals surface area contributed by atoms with Gasteiger partial charge in [-0.3, -0.25) is 9.59 Å². The number of nitrogens with one attached hydrogen (secondary N) is 3. The minimum atomic E-state index is -0.149. The SMILES string of the molecule is CNC(=O)C=Cc1cccc(-c2cnc3[nH]cc(-c4cn(C)c(=O)c5[nH]ccc45)c3c2)c1. The maximum Gasteiger partial charge on any atom is 0.274 e. The quantitative estimate of drug-likeness (QED) is 0.383. The van der Waals surface area contributed by atoms with E-state index >= 15 is 0 Å². The summed E-state index contributed by atoms with van der Waals surface area (Å²) in [5, 5.41) is 4.42. The number of benzene rings is 1. The van der Waals surface area contributed by atoms with Gasteiger partial charge in [0.25, 0.3) is 5.56 Å². The van der Waals surface area contributed by atoms with E-state index < -0.39 is 0 Å². The third-order valence-corrected chi connectivity index (χ3v) is 5.61. The van der Waals surface area contributed by atoms with Crippen molar-refractivity contribution in [3.8, 4) is 22.3 Å². The molecule has 0 aliphatic rings. The Labute approximate surface area is 183 Å². The summed E-state index contributed by atoms with van der Waals surface area (Å²) in [5.74, 6) is -0.149. The summed E-state index contributed by atoms with van der Waals surface area (Å²) >= 11 is 0. The highest BCUT2D eigenvalue weighted by Crippen LogP contribution is 2.34. The van der Waals surface area contributed by atoms with Gasteiger partial charge in [-0.25, -0.2) is 4.98 Å². The monoisotopic (exact) mass is 423 g/mol. The molecule has 3 N–H and O–H groups in total. The first kappa shape index (κ1) is 19.6. The van der Waals surface area contributed by atoms with Crippen molar-refractivity contribution >= 4 is 33.9 Å². The molecular weight excluding hydrogens is 402 g/mol.